The summed E-state index contributed by atoms with van der Waals surface area (Å²) in [7, 11) is 1.64. The Morgan fingerprint density at radius 3 is 2.73 bits per heavy atom. The molecule has 5 nitrogen and oxygen atoms in total. The molecule has 2 aromatic carbocycles. The van der Waals surface area contributed by atoms with Gasteiger partial charge in [0.05, 0.1) is 24.4 Å². The highest BCUT2D eigenvalue weighted by atomic mass is 16.5. The van der Waals surface area contributed by atoms with Gasteiger partial charge in [0.25, 0.3) is 5.91 Å². The number of pyridine rings is 1. The molecule has 5 rings (SSSR count). The smallest absolute Gasteiger partial charge is 0.261 e. The number of benzene rings is 2. The maximum atomic E-state index is 13.2. The highest BCUT2D eigenvalue weighted by Crippen LogP contribution is 2.44. The zero-order valence-corrected chi connectivity index (χ0v) is 14.1. The Hall–Kier alpha value is -3.47. The van der Waals surface area contributed by atoms with Crippen LogP contribution in [0.25, 0.3) is 0 Å². The lowest BCUT2D eigenvalue weighted by Crippen LogP contribution is -2.37. The third-order valence-corrected chi connectivity index (χ3v) is 4.86. The van der Waals surface area contributed by atoms with Gasteiger partial charge in [0.15, 0.2) is 0 Å². The molecule has 1 aromatic heterocycles. The molecular formula is C21H15N3O2. The fraction of sp³-hybridized carbons (Fsp3) is 0.0952. The Labute approximate surface area is 150 Å². The van der Waals surface area contributed by atoms with Crippen LogP contribution in [0.3, 0.4) is 0 Å². The number of amides is 1. The molecule has 3 aromatic rings. The van der Waals surface area contributed by atoms with Gasteiger partial charge in [-0.1, -0.05) is 30.3 Å². The van der Waals surface area contributed by atoms with Gasteiger partial charge in [0, 0.05) is 23.5 Å². The quantitative estimate of drug-likeness (QED) is 0.714. The van der Waals surface area contributed by atoms with E-state index in [1.807, 2.05) is 54.6 Å². The van der Waals surface area contributed by atoms with E-state index < -0.39 is 0 Å². The molecule has 5 heteroatoms. The minimum absolute atomic E-state index is 0.0401. The number of hydrogen-bond acceptors (Lipinski definition) is 4. The number of ether oxygens (including phenoxy) is 1. The van der Waals surface area contributed by atoms with Crippen molar-refractivity contribution in [2.75, 3.05) is 7.11 Å². The second-order valence-corrected chi connectivity index (χ2v) is 6.27. The fourth-order valence-corrected chi connectivity index (χ4v) is 3.68. The zero-order chi connectivity index (χ0) is 17.7. The van der Waals surface area contributed by atoms with Crippen molar-refractivity contribution in [2.24, 2.45) is 4.99 Å². The van der Waals surface area contributed by atoms with Crippen molar-refractivity contribution in [3.8, 4) is 5.75 Å². The number of amidine groups is 1. The molecule has 26 heavy (non-hydrogen) atoms. The van der Waals surface area contributed by atoms with E-state index in [1.165, 1.54) is 0 Å². The molecule has 0 bridgehead atoms. The molecule has 126 valence electrons. The van der Waals surface area contributed by atoms with E-state index in [4.69, 9.17) is 9.73 Å². The first-order valence-electron chi connectivity index (χ1n) is 8.37. The number of hydrogen-bond donors (Lipinski definition) is 0. The second-order valence-electron chi connectivity index (χ2n) is 6.27. The molecule has 1 atom stereocenters. The molecule has 0 fully saturated rings. The van der Waals surface area contributed by atoms with Crippen molar-refractivity contribution in [1.29, 1.82) is 0 Å². The third kappa shape index (κ3) is 2.00. The van der Waals surface area contributed by atoms with E-state index in [0.717, 1.165) is 28.1 Å². The van der Waals surface area contributed by atoms with Gasteiger partial charge in [0.1, 0.15) is 11.6 Å². The van der Waals surface area contributed by atoms with Gasteiger partial charge in [-0.05, 0) is 29.8 Å². The molecule has 0 radical (unpaired) electrons. The van der Waals surface area contributed by atoms with Crippen molar-refractivity contribution < 1.29 is 9.53 Å². The number of nitrogens with zero attached hydrogens (tertiary/aromatic N) is 3. The highest BCUT2D eigenvalue weighted by Gasteiger charge is 2.42. The van der Waals surface area contributed by atoms with E-state index in [0.29, 0.717) is 11.4 Å². The zero-order valence-electron chi connectivity index (χ0n) is 14.1. The van der Waals surface area contributed by atoms with E-state index >= 15 is 0 Å². The van der Waals surface area contributed by atoms with Crippen LogP contribution in [0.2, 0.25) is 0 Å². The predicted octanol–water partition coefficient (Wildman–Crippen LogP) is 3.73. The molecule has 0 spiro atoms. The van der Waals surface area contributed by atoms with Crippen molar-refractivity contribution in [3.05, 3.63) is 89.2 Å². The molecule has 0 aliphatic carbocycles. The summed E-state index contributed by atoms with van der Waals surface area (Å²) < 4.78 is 5.38. The maximum Gasteiger partial charge on any atom is 0.261 e. The number of fused-ring (bicyclic) bond motifs is 4. The molecule has 1 unspecified atom stereocenters. The SMILES string of the molecule is COc1cccc(C2c3cnccc3N=C3c4ccccc4C(=O)N32)c1. The van der Waals surface area contributed by atoms with Gasteiger partial charge in [-0.3, -0.25) is 14.7 Å². The molecule has 0 saturated carbocycles. The number of carbonyl (C=O) groups excluding carboxylic acids is 1. The summed E-state index contributed by atoms with van der Waals surface area (Å²) in [5, 5.41) is 0. The summed E-state index contributed by atoms with van der Waals surface area (Å²) in [5.74, 6) is 1.40. The van der Waals surface area contributed by atoms with Gasteiger partial charge in [-0.2, -0.15) is 0 Å². The van der Waals surface area contributed by atoms with E-state index in [2.05, 4.69) is 4.98 Å². The predicted molar refractivity (Wildman–Crippen MR) is 97.9 cm³/mol. The van der Waals surface area contributed by atoms with E-state index in [9.17, 15) is 4.79 Å². The molecule has 0 N–H and O–H groups in total. The van der Waals surface area contributed by atoms with Crippen LogP contribution in [0, 0.1) is 0 Å². The number of rotatable bonds is 2. The lowest BCUT2D eigenvalue weighted by atomic mass is 9.95. The van der Waals surface area contributed by atoms with Crippen LogP contribution in [-0.2, 0) is 0 Å². The molecule has 2 aliphatic rings. The standard InChI is InChI=1S/C21H15N3O2/c1-26-14-6-4-5-13(11-14)19-17-12-22-10-9-18(17)23-20-15-7-2-3-8-16(15)21(25)24(19)20/h2-12,19H,1H3. The fourth-order valence-electron chi connectivity index (χ4n) is 3.68. The summed E-state index contributed by atoms with van der Waals surface area (Å²) in [6.07, 6.45) is 3.51. The number of aliphatic imine (C=N–C) groups is 1. The lowest BCUT2D eigenvalue weighted by Gasteiger charge is -2.33. The number of methoxy groups -OCH3 is 1. The Kier molecular flexibility index (Phi) is 3.15. The summed E-state index contributed by atoms with van der Waals surface area (Å²) in [5.41, 5.74) is 4.26. The molecule has 1 amide bonds. The summed E-state index contributed by atoms with van der Waals surface area (Å²) in [6.45, 7) is 0. The van der Waals surface area contributed by atoms with Gasteiger partial charge >= 0.3 is 0 Å². The molecule has 2 aliphatic heterocycles. The average Bonchev–Trinajstić information content (AvgIpc) is 2.98. The van der Waals surface area contributed by atoms with Crippen LogP contribution < -0.4 is 4.74 Å². The van der Waals surface area contributed by atoms with Crippen molar-refractivity contribution in [3.63, 3.8) is 0 Å². The van der Waals surface area contributed by atoms with Crippen LogP contribution in [0.15, 0.2) is 72.0 Å². The molecular weight excluding hydrogens is 326 g/mol. The van der Waals surface area contributed by atoms with Crippen LogP contribution in [0.4, 0.5) is 5.69 Å². The van der Waals surface area contributed by atoms with E-state index in [1.54, 1.807) is 24.4 Å². The number of carbonyl (C=O) groups is 1. The first-order chi connectivity index (χ1) is 12.8. The first-order valence-corrected chi connectivity index (χ1v) is 8.37. The Morgan fingerprint density at radius 1 is 1.04 bits per heavy atom. The Morgan fingerprint density at radius 2 is 1.88 bits per heavy atom. The van der Waals surface area contributed by atoms with Crippen molar-refractivity contribution in [2.45, 2.75) is 6.04 Å². The van der Waals surface area contributed by atoms with Gasteiger partial charge in [0.2, 0.25) is 0 Å². The molecule has 0 saturated heterocycles. The van der Waals surface area contributed by atoms with Gasteiger partial charge in [-0.15, -0.1) is 0 Å². The summed E-state index contributed by atoms with van der Waals surface area (Å²) in [6, 6.07) is 17.0. The summed E-state index contributed by atoms with van der Waals surface area (Å²) >= 11 is 0. The molecule has 3 heterocycles. The summed E-state index contributed by atoms with van der Waals surface area (Å²) in [4.78, 5) is 24.0. The van der Waals surface area contributed by atoms with Crippen LogP contribution in [0.1, 0.15) is 33.1 Å². The third-order valence-electron chi connectivity index (χ3n) is 4.86. The van der Waals surface area contributed by atoms with Crippen LogP contribution in [0.5, 0.6) is 5.75 Å². The minimum atomic E-state index is -0.291. The lowest BCUT2D eigenvalue weighted by molar-refractivity contribution is 0.0830. The minimum Gasteiger partial charge on any atom is -0.497 e. The number of aromatic nitrogens is 1. The average molecular weight is 341 g/mol. The van der Waals surface area contributed by atoms with Gasteiger partial charge < -0.3 is 4.74 Å². The highest BCUT2D eigenvalue weighted by molar-refractivity contribution is 6.24. The van der Waals surface area contributed by atoms with Gasteiger partial charge in [-0.25, -0.2) is 4.99 Å². The normalized spacial score (nSPS) is 17.3. The second kappa shape index (κ2) is 5.52. The van der Waals surface area contributed by atoms with Crippen LogP contribution in [-0.4, -0.2) is 28.7 Å². The largest absolute Gasteiger partial charge is 0.497 e. The topological polar surface area (TPSA) is 54.8 Å². The van der Waals surface area contributed by atoms with E-state index in [-0.39, 0.29) is 11.9 Å². The maximum absolute atomic E-state index is 13.2. The van der Waals surface area contributed by atoms with Crippen molar-refractivity contribution >= 4 is 17.4 Å². The van der Waals surface area contributed by atoms with Crippen LogP contribution >= 0.6 is 0 Å². The first kappa shape index (κ1) is 14.8. The Bertz CT molecular complexity index is 1070. The van der Waals surface area contributed by atoms with Crippen molar-refractivity contribution in [1.82, 2.24) is 9.88 Å². The monoisotopic (exact) mass is 341 g/mol. The Balaban J connectivity index is 1.77.